The minimum Gasteiger partial charge on any atom is -0.323 e. The van der Waals surface area contributed by atoms with Crippen molar-refractivity contribution in [3.8, 4) is 0 Å². The Hall–Kier alpha value is -1.73. The van der Waals surface area contributed by atoms with E-state index in [9.17, 15) is 4.79 Å². The van der Waals surface area contributed by atoms with Crippen LogP contribution in [0.5, 0.6) is 0 Å². The Bertz CT molecular complexity index is 1050. The first kappa shape index (κ1) is 15.8. The first-order valence-electron chi connectivity index (χ1n) is 8.20. The van der Waals surface area contributed by atoms with Gasteiger partial charge in [0.25, 0.3) is 5.56 Å². The largest absolute Gasteiger partial charge is 0.323 e. The number of aryl methyl sites for hydroxylation is 2. The lowest BCUT2D eigenvalue weighted by Gasteiger charge is -2.17. The van der Waals surface area contributed by atoms with E-state index >= 15 is 0 Å². The molecule has 126 valence electrons. The molecular formula is C17H20N4OS2. The predicted octanol–water partition coefficient (Wildman–Crippen LogP) is 3.34. The number of thiophene rings is 1. The molecule has 24 heavy (non-hydrogen) atoms. The normalized spacial score (nSPS) is 17.4. The van der Waals surface area contributed by atoms with Crippen LogP contribution >= 0.6 is 23.6 Å². The highest BCUT2D eigenvalue weighted by atomic mass is 32.1. The molecule has 0 fully saturated rings. The maximum Gasteiger partial charge on any atom is 0.263 e. The molecule has 0 bridgehead atoms. The van der Waals surface area contributed by atoms with Crippen LogP contribution in [-0.2, 0) is 26.4 Å². The van der Waals surface area contributed by atoms with Gasteiger partial charge in [0.2, 0.25) is 0 Å². The number of H-pyrrole nitrogens is 1. The minimum atomic E-state index is 0.0315. The van der Waals surface area contributed by atoms with Crippen LogP contribution in [0.1, 0.15) is 35.0 Å². The molecule has 1 N–H and O–H groups in total. The molecule has 0 saturated carbocycles. The Morgan fingerprint density at radius 1 is 1.50 bits per heavy atom. The number of nitrogens with one attached hydrogen (secondary N) is 1. The van der Waals surface area contributed by atoms with Gasteiger partial charge in [0.15, 0.2) is 4.77 Å². The number of aromatic nitrogens is 4. The van der Waals surface area contributed by atoms with Crippen LogP contribution in [0.3, 0.4) is 0 Å². The molecular weight excluding hydrogens is 340 g/mol. The molecule has 1 aliphatic carbocycles. The number of fused-ring (bicyclic) bond motifs is 3. The number of nitrogens with zero attached hydrogens (tertiary/aromatic N) is 3. The SMILES string of the molecule is Cc1c(Cn2c(=S)[nH]c3sc4c(c3c2=O)CC[C@@H](C)C4)cnn1C. The molecule has 0 aliphatic heterocycles. The Kier molecular flexibility index (Phi) is 3.73. The van der Waals surface area contributed by atoms with Crippen LogP contribution in [0, 0.1) is 17.6 Å². The third-order valence-corrected chi connectivity index (χ3v) is 6.59. The summed E-state index contributed by atoms with van der Waals surface area (Å²) >= 11 is 7.17. The van der Waals surface area contributed by atoms with Crippen molar-refractivity contribution in [1.82, 2.24) is 19.3 Å². The van der Waals surface area contributed by atoms with Gasteiger partial charge < -0.3 is 4.98 Å². The molecule has 0 unspecified atom stereocenters. The van der Waals surface area contributed by atoms with Crippen LogP contribution in [0.25, 0.3) is 10.2 Å². The standard InChI is InChI=1S/C17H20N4OS2/c1-9-4-5-12-13(6-9)24-15-14(12)16(22)21(17(23)19-15)8-11-7-18-20(3)10(11)2/h7,9H,4-6,8H2,1-3H3,(H,19,23)/t9-/m1/s1. The second kappa shape index (κ2) is 5.67. The highest BCUT2D eigenvalue weighted by Gasteiger charge is 2.23. The summed E-state index contributed by atoms with van der Waals surface area (Å²) in [6.45, 7) is 4.75. The van der Waals surface area contributed by atoms with Gasteiger partial charge in [-0.05, 0) is 49.9 Å². The molecule has 3 heterocycles. The highest BCUT2D eigenvalue weighted by Crippen LogP contribution is 2.35. The fraction of sp³-hybridized carbons (Fsp3) is 0.471. The number of hydrogen-bond donors (Lipinski definition) is 1. The molecule has 0 amide bonds. The van der Waals surface area contributed by atoms with Crippen molar-refractivity contribution in [1.29, 1.82) is 0 Å². The van der Waals surface area contributed by atoms with Crippen LogP contribution in [0.2, 0.25) is 0 Å². The Morgan fingerprint density at radius 2 is 2.29 bits per heavy atom. The summed E-state index contributed by atoms with van der Waals surface area (Å²) in [7, 11) is 1.90. The third kappa shape index (κ3) is 2.38. The smallest absolute Gasteiger partial charge is 0.263 e. The monoisotopic (exact) mass is 360 g/mol. The van der Waals surface area contributed by atoms with Crippen molar-refractivity contribution in [2.75, 3.05) is 0 Å². The molecule has 5 nitrogen and oxygen atoms in total. The van der Waals surface area contributed by atoms with Gasteiger partial charge in [-0.25, -0.2) is 0 Å². The van der Waals surface area contributed by atoms with Gasteiger partial charge in [-0.1, -0.05) is 6.92 Å². The molecule has 1 atom stereocenters. The number of rotatable bonds is 2. The van der Waals surface area contributed by atoms with E-state index in [4.69, 9.17) is 12.2 Å². The molecule has 0 aromatic carbocycles. The molecule has 7 heteroatoms. The van der Waals surface area contributed by atoms with Gasteiger partial charge in [0.05, 0.1) is 18.1 Å². The van der Waals surface area contributed by atoms with E-state index in [0.29, 0.717) is 17.2 Å². The lowest BCUT2D eigenvalue weighted by Crippen LogP contribution is -2.23. The first-order chi connectivity index (χ1) is 11.5. The second-order valence-corrected chi connectivity index (χ2v) is 8.25. The van der Waals surface area contributed by atoms with Gasteiger partial charge in [-0.2, -0.15) is 5.10 Å². The van der Waals surface area contributed by atoms with E-state index in [1.165, 1.54) is 10.4 Å². The number of aromatic amines is 1. The Labute approximate surface area is 149 Å². The fourth-order valence-corrected chi connectivity index (χ4v) is 5.19. The summed E-state index contributed by atoms with van der Waals surface area (Å²) in [5, 5.41) is 5.11. The van der Waals surface area contributed by atoms with Crippen molar-refractivity contribution >= 4 is 33.8 Å². The Morgan fingerprint density at radius 3 is 3.00 bits per heavy atom. The zero-order chi connectivity index (χ0) is 17.0. The minimum absolute atomic E-state index is 0.0315. The van der Waals surface area contributed by atoms with Crippen molar-refractivity contribution in [3.05, 3.63) is 43.0 Å². The summed E-state index contributed by atoms with van der Waals surface area (Å²) in [6.07, 6.45) is 5.01. The van der Waals surface area contributed by atoms with Crippen LogP contribution in [0.15, 0.2) is 11.0 Å². The van der Waals surface area contributed by atoms with Gasteiger partial charge in [0.1, 0.15) is 4.83 Å². The van der Waals surface area contributed by atoms with Gasteiger partial charge >= 0.3 is 0 Å². The topological polar surface area (TPSA) is 55.6 Å². The highest BCUT2D eigenvalue weighted by molar-refractivity contribution is 7.71. The molecule has 0 saturated heterocycles. The first-order valence-corrected chi connectivity index (χ1v) is 9.43. The number of hydrogen-bond acceptors (Lipinski definition) is 4. The van der Waals surface area contributed by atoms with Gasteiger partial charge in [0, 0.05) is 23.2 Å². The van der Waals surface area contributed by atoms with E-state index < -0.39 is 0 Å². The Balaban J connectivity index is 1.89. The van der Waals surface area contributed by atoms with E-state index in [-0.39, 0.29) is 5.56 Å². The quantitative estimate of drug-likeness (QED) is 0.713. The zero-order valence-corrected chi connectivity index (χ0v) is 15.7. The van der Waals surface area contributed by atoms with Gasteiger partial charge in [-0.3, -0.25) is 14.0 Å². The average molecular weight is 361 g/mol. The summed E-state index contributed by atoms with van der Waals surface area (Å²) < 4.78 is 3.98. The van der Waals surface area contributed by atoms with Crippen molar-refractivity contribution in [2.45, 2.75) is 39.7 Å². The summed E-state index contributed by atoms with van der Waals surface area (Å²) in [6, 6.07) is 0. The molecule has 4 rings (SSSR count). The summed E-state index contributed by atoms with van der Waals surface area (Å²) in [5.41, 5.74) is 3.35. The molecule has 3 aromatic heterocycles. The van der Waals surface area contributed by atoms with Crippen molar-refractivity contribution in [3.63, 3.8) is 0 Å². The second-order valence-electron chi connectivity index (χ2n) is 6.76. The van der Waals surface area contributed by atoms with Crippen molar-refractivity contribution < 1.29 is 0 Å². The van der Waals surface area contributed by atoms with Crippen LogP contribution in [0.4, 0.5) is 0 Å². The fourth-order valence-electron chi connectivity index (χ4n) is 3.47. The van der Waals surface area contributed by atoms with Crippen LogP contribution < -0.4 is 5.56 Å². The lowest BCUT2D eigenvalue weighted by molar-refractivity contribution is 0.509. The maximum absolute atomic E-state index is 13.1. The molecule has 1 aliphatic rings. The summed E-state index contributed by atoms with van der Waals surface area (Å²) in [4.78, 5) is 18.7. The molecule has 3 aromatic rings. The predicted molar refractivity (Wildman–Crippen MR) is 99.5 cm³/mol. The molecule has 0 spiro atoms. The third-order valence-electron chi connectivity index (χ3n) is 5.10. The van der Waals surface area contributed by atoms with Gasteiger partial charge in [-0.15, -0.1) is 11.3 Å². The van der Waals surface area contributed by atoms with E-state index in [1.807, 2.05) is 24.9 Å². The summed E-state index contributed by atoms with van der Waals surface area (Å²) in [5.74, 6) is 0.689. The average Bonchev–Trinajstić information content (AvgIpc) is 3.04. The van der Waals surface area contributed by atoms with Crippen LogP contribution in [-0.4, -0.2) is 19.3 Å². The lowest BCUT2D eigenvalue weighted by atomic mass is 9.89. The van der Waals surface area contributed by atoms with E-state index in [1.54, 1.807) is 15.9 Å². The molecule has 0 radical (unpaired) electrons. The van der Waals surface area contributed by atoms with E-state index in [2.05, 4.69) is 17.0 Å². The van der Waals surface area contributed by atoms with E-state index in [0.717, 1.165) is 40.7 Å². The zero-order valence-electron chi connectivity index (χ0n) is 14.0. The van der Waals surface area contributed by atoms with Crippen molar-refractivity contribution in [2.24, 2.45) is 13.0 Å². The maximum atomic E-state index is 13.1.